The van der Waals surface area contributed by atoms with E-state index in [0.29, 0.717) is 0 Å². The summed E-state index contributed by atoms with van der Waals surface area (Å²) < 4.78 is 9.74. The Labute approximate surface area is 668 Å². The molecule has 2 aliphatic rings. The van der Waals surface area contributed by atoms with Crippen LogP contribution in [0.15, 0.2) is 453 Å². The summed E-state index contributed by atoms with van der Waals surface area (Å²) in [5, 5.41) is 4.70. The predicted octanol–water partition coefficient (Wildman–Crippen LogP) is 30.0. The Hall–Kier alpha value is -14.4. The lowest BCUT2D eigenvalue weighted by atomic mass is 9.67. The SMILES string of the molecule is c1ccc(-c2cccc(-c3cccc(N(c4ccccc4)c4cccc5oc6c(C7(c8ccccc8)c8ccccc8-c8ccccc87)cccc6c45)c3)c2)cc1.c1ccc(-c2cccc(-c3cccc(N(c4ccccc4)c4cccc5sc6c(C7(c8ccccc8)c8ccccc8-c8ccccc87)cccc6c45)c3)c2)cc1. The van der Waals surface area contributed by atoms with Crippen LogP contribution >= 0.6 is 11.3 Å². The highest BCUT2D eigenvalue weighted by Gasteiger charge is 2.49. The van der Waals surface area contributed by atoms with Gasteiger partial charge in [-0.1, -0.05) is 364 Å². The molecule has 0 spiro atoms. The van der Waals surface area contributed by atoms with E-state index in [2.05, 4.69) is 459 Å². The van der Waals surface area contributed by atoms with Gasteiger partial charge in [0.1, 0.15) is 11.2 Å². The summed E-state index contributed by atoms with van der Waals surface area (Å²) in [5.41, 5.74) is 32.1. The van der Waals surface area contributed by atoms with Crippen LogP contribution in [0, 0.1) is 0 Å². The highest BCUT2D eigenvalue weighted by molar-refractivity contribution is 7.26. The van der Waals surface area contributed by atoms with Gasteiger partial charge in [0.05, 0.1) is 27.6 Å². The average Bonchev–Trinajstić information content (AvgIpc) is 1.53. The Balaban J connectivity index is 0.000000143. The monoisotopic (exact) mass is 1470 g/mol. The van der Waals surface area contributed by atoms with Crippen molar-refractivity contribution in [2.45, 2.75) is 10.8 Å². The highest BCUT2D eigenvalue weighted by atomic mass is 32.1. The molecule has 0 N–H and O–H groups in total. The number of fused-ring (bicyclic) bond motifs is 12. The molecule has 0 fully saturated rings. The second-order valence-electron chi connectivity index (χ2n) is 29.6. The molecule has 0 bridgehead atoms. The van der Waals surface area contributed by atoms with Crippen LogP contribution in [0.3, 0.4) is 0 Å². The molecule has 22 rings (SSSR count). The largest absolute Gasteiger partial charge is 0.456 e. The van der Waals surface area contributed by atoms with Crippen LogP contribution in [-0.2, 0) is 10.8 Å². The third-order valence-electron chi connectivity index (χ3n) is 23.5. The number of thiophene rings is 1. The van der Waals surface area contributed by atoms with Crippen molar-refractivity contribution in [3.8, 4) is 66.8 Å². The normalized spacial score (nSPS) is 12.7. The summed E-state index contributed by atoms with van der Waals surface area (Å²) in [7, 11) is 0. The number of hydrogen-bond acceptors (Lipinski definition) is 4. The fourth-order valence-electron chi connectivity index (χ4n) is 18.7. The van der Waals surface area contributed by atoms with Gasteiger partial charge in [-0.05, 0) is 191 Å². The van der Waals surface area contributed by atoms with Crippen LogP contribution in [0.2, 0.25) is 0 Å². The van der Waals surface area contributed by atoms with Gasteiger partial charge in [-0.25, -0.2) is 0 Å². The van der Waals surface area contributed by atoms with Crippen molar-refractivity contribution >= 4 is 87.6 Å². The minimum Gasteiger partial charge on any atom is -0.456 e. The second-order valence-corrected chi connectivity index (χ2v) is 30.7. The van der Waals surface area contributed by atoms with Crippen LogP contribution in [0.5, 0.6) is 0 Å². The topological polar surface area (TPSA) is 19.6 Å². The van der Waals surface area contributed by atoms with E-state index in [1.54, 1.807) is 0 Å². The van der Waals surface area contributed by atoms with E-state index in [9.17, 15) is 0 Å². The molecular formula is C110H74N2OS. The van der Waals surface area contributed by atoms with Crippen molar-refractivity contribution in [1.29, 1.82) is 0 Å². The molecule has 2 aromatic heterocycles. The number of rotatable bonds is 14. The van der Waals surface area contributed by atoms with Crippen LogP contribution in [0.25, 0.3) is 109 Å². The molecule has 18 aromatic carbocycles. The third-order valence-corrected chi connectivity index (χ3v) is 24.7. The number of furan rings is 1. The molecule has 4 heteroatoms. The summed E-state index contributed by atoms with van der Waals surface area (Å²) in [4.78, 5) is 4.82. The number of para-hydroxylation sites is 3. The Kier molecular flexibility index (Phi) is 16.9. The van der Waals surface area contributed by atoms with E-state index in [0.717, 1.165) is 61.5 Å². The molecule has 0 atom stereocenters. The first-order valence-corrected chi connectivity index (χ1v) is 40.0. The second kappa shape index (κ2) is 28.5. The Morgan fingerprint density at radius 1 is 0.219 bits per heavy atom. The number of hydrogen-bond donors (Lipinski definition) is 0. The van der Waals surface area contributed by atoms with Crippen LogP contribution in [0.4, 0.5) is 34.1 Å². The molecular weight excluding hydrogens is 1400 g/mol. The van der Waals surface area contributed by atoms with E-state index < -0.39 is 10.8 Å². The highest BCUT2D eigenvalue weighted by Crippen LogP contribution is 2.61. The summed E-state index contributed by atoms with van der Waals surface area (Å²) in [6, 6.07) is 163. The van der Waals surface area contributed by atoms with E-state index in [-0.39, 0.29) is 0 Å². The minimum absolute atomic E-state index is 0.475. The molecule has 20 aromatic rings. The number of benzene rings is 18. The van der Waals surface area contributed by atoms with Crippen molar-refractivity contribution in [2.24, 2.45) is 0 Å². The van der Waals surface area contributed by atoms with Gasteiger partial charge in [0.25, 0.3) is 0 Å². The first-order valence-electron chi connectivity index (χ1n) is 39.2. The lowest BCUT2D eigenvalue weighted by Crippen LogP contribution is -2.28. The molecule has 0 radical (unpaired) electrons. The molecule has 3 nitrogen and oxygen atoms in total. The first kappa shape index (κ1) is 67.7. The van der Waals surface area contributed by atoms with Gasteiger partial charge < -0.3 is 14.2 Å². The quantitative estimate of drug-likeness (QED) is 0.108. The van der Waals surface area contributed by atoms with Crippen molar-refractivity contribution in [3.05, 3.63) is 493 Å². The molecule has 2 aliphatic carbocycles. The van der Waals surface area contributed by atoms with E-state index in [4.69, 9.17) is 4.42 Å². The lowest BCUT2D eigenvalue weighted by molar-refractivity contribution is 0.648. The van der Waals surface area contributed by atoms with Gasteiger partial charge in [0.2, 0.25) is 0 Å². The van der Waals surface area contributed by atoms with Gasteiger partial charge in [0.15, 0.2) is 0 Å². The molecule has 0 amide bonds. The maximum absolute atomic E-state index is 7.16. The fourth-order valence-corrected chi connectivity index (χ4v) is 20.0. The van der Waals surface area contributed by atoms with Gasteiger partial charge >= 0.3 is 0 Å². The van der Waals surface area contributed by atoms with Crippen molar-refractivity contribution in [2.75, 3.05) is 9.80 Å². The predicted molar refractivity (Wildman–Crippen MR) is 479 cm³/mol. The van der Waals surface area contributed by atoms with Crippen LogP contribution in [0.1, 0.15) is 44.5 Å². The van der Waals surface area contributed by atoms with Gasteiger partial charge in [-0.3, -0.25) is 0 Å². The van der Waals surface area contributed by atoms with Gasteiger partial charge in [-0.15, -0.1) is 11.3 Å². The van der Waals surface area contributed by atoms with Gasteiger partial charge in [0, 0.05) is 53.9 Å². The molecule has 0 saturated carbocycles. The minimum atomic E-state index is -0.580. The zero-order chi connectivity index (χ0) is 75.5. The zero-order valence-corrected chi connectivity index (χ0v) is 63.3. The summed E-state index contributed by atoms with van der Waals surface area (Å²) >= 11 is 1.91. The molecule has 0 unspecified atom stereocenters. The molecule has 536 valence electrons. The summed E-state index contributed by atoms with van der Waals surface area (Å²) in [5.74, 6) is 0. The molecule has 0 aliphatic heterocycles. The maximum Gasteiger partial charge on any atom is 0.140 e. The van der Waals surface area contributed by atoms with Crippen LogP contribution in [-0.4, -0.2) is 0 Å². The zero-order valence-electron chi connectivity index (χ0n) is 62.4. The Morgan fingerprint density at radius 3 is 1.00 bits per heavy atom. The summed E-state index contributed by atoms with van der Waals surface area (Å²) in [6.07, 6.45) is 0. The van der Waals surface area contributed by atoms with E-state index >= 15 is 0 Å². The third kappa shape index (κ3) is 11.2. The molecule has 2 heterocycles. The number of anilines is 6. The lowest BCUT2D eigenvalue weighted by Gasteiger charge is -2.34. The summed E-state index contributed by atoms with van der Waals surface area (Å²) in [6.45, 7) is 0. The van der Waals surface area contributed by atoms with Crippen molar-refractivity contribution in [1.82, 2.24) is 0 Å². The number of nitrogens with zero attached hydrogens (tertiary/aromatic N) is 2. The standard InChI is InChI=1S/C55H37NO.C55H37NS/c2*1-4-18-38(19-5-1)39-20-14-21-40(36-39)41-22-15-27-44(37-41)56(43-25-8-3-9-26-43)51-34-17-35-52-53(51)47-30-16-33-50(54(47)57-52)55(42-23-6-2-7-24-42)48-31-12-10-28-45(48)46-29-11-13-32-49(46)55/h2*1-37H. The van der Waals surface area contributed by atoms with E-state index in [1.807, 2.05) is 11.3 Å². The molecule has 114 heavy (non-hydrogen) atoms. The molecule has 0 saturated heterocycles. The first-order chi connectivity index (χ1) is 56.6. The fraction of sp³-hybridized carbons (Fsp3) is 0.0182. The smallest absolute Gasteiger partial charge is 0.140 e. The Morgan fingerprint density at radius 2 is 0.535 bits per heavy atom. The maximum atomic E-state index is 7.16. The van der Waals surface area contributed by atoms with Crippen LogP contribution < -0.4 is 9.80 Å². The average molecular weight is 1470 g/mol. The van der Waals surface area contributed by atoms with Crippen molar-refractivity contribution < 1.29 is 4.42 Å². The van der Waals surface area contributed by atoms with Gasteiger partial charge in [-0.2, -0.15) is 0 Å². The van der Waals surface area contributed by atoms with Crippen molar-refractivity contribution in [3.63, 3.8) is 0 Å². The Bertz CT molecular complexity index is 6480. The van der Waals surface area contributed by atoms with E-state index in [1.165, 1.54) is 126 Å².